The number of hydrogen-bond donors (Lipinski definition) is 3. The highest BCUT2D eigenvalue weighted by Crippen LogP contribution is 2.58. The Morgan fingerprint density at radius 1 is 0.750 bits per heavy atom. The number of methoxy groups -OCH3 is 1. The van der Waals surface area contributed by atoms with E-state index in [9.17, 15) is 38.7 Å². The Morgan fingerprint density at radius 2 is 1.31 bits per heavy atom. The zero-order chi connectivity index (χ0) is 62.5. The van der Waals surface area contributed by atoms with E-state index in [2.05, 4.69) is 58.4 Å². The van der Waals surface area contributed by atoms with E-state index in [0.29, 0.717) is 40.7 Å². The molecule has 3 saturated carbocycles. The Morgan fingerprint density at radius 3 is 1.82 bits per heavy atom. The lowest BCUT2D eigenvalue weighted by Gasteiger charge is -2.35. The van der Waals surface area contributed by atoms with Crippen LogP contribution in [0.25, 0.3) is 11.1 Å². The third-order valence-corrected chi connectivity index (χ3v) is 19.3. The average molecular weight is 1240 g/mol. The second kappa shape index (κ2) is 24.2. The zero-order valence-corrected chi connectivity index (χ0v) is 51.2. The van der Waals surface area contributed by atoms with Gasteiger partial charge in [-0.1, -0.05) is 139 Å². The molecular formula is C67H72Cl2N6O13. The van der Waals surface area contributed by atoms with E-state index in [1.807, 2.05) is 69.3 Å². The standard InChI is InChI=1S/C36H33ClN2O6.C31H39ClN4O7/c1-3-23-16-36(23,33(41)43-2)19-32(40)31-18-35(17-30(38-45-35)22-9-8-10-24(37)15-22)21-39(31)34(42)44-20-29-27-13-6-4-11-25(27)26-12-5-7-14-28(26)29;1-5-19-14-31(19,27(39)40)34-25(37)23-16-30(15-22(35-43-30)18-9-8-10-20(32)13-18)17-36(23)26(38)24(29(2,3)4)33-28(41)42-21-11-6-7-12-21/h3-15,23,29,31H,1,16-21H2,2H3;5,8-10,13,19,21,23-24H,1,6-7,11-12,14-17H2,2-4H3,(H,33,41)(H,34,37)(H,39,40)/t23-,31+,35-,36-;19-,23+,24-,30-,31-/m11/s1. The van der Waals surface area contributed by atoms with E-state index in [0.717, 1.165) is 59.1 Å². The number of likely N-dealkylation sites (tertiary alicyclic amines) is 2. The van der Waals surface area contributed by atoms with Crippen LogP contribution in [0.4, 0.5) is 9.59 Å². The Balaban J connectivity index is 0.000000182. The van der Waals surface area contributed by atoms with E-state index >= 15 is 0 Å². The first-order valence-electron chi connectivity index (χ1n) is 29.9. The number of carboxylic acids is 1. The van der Waals surface area contributed by atoms with Gasteiger partial charge in [0.2, 0.25) is 11.8 Å². The van der Waals surface area contributed by atoms with Gasteiger partial charge in [-0.2, -0.15) is 0 Å². The molecule has 4 aromatic carbocycles. The van der Waals surface area contributed by atoms with Crippen LogP contribution in [0.3, 0.4) is 0 Å². The van der Waals surface area contributed by atoms with Gasteiger partial charge in [-0.3, -0.25) is 24.1 Å². The lowest BCUT2D eigenvalue weighted by Crippen LogP contribution is -2.59. The molecule has 12 rings (SSSR count). The summed E-state index contributed by atoms with van der Waals surface area (Å²) in [6, 6.07) is 27.8. The zero-order valence-electron chi connectivity index (χ0n) is 49.6. The molecule has 88 heavy (non-hydrogen) atoms. The molecule has 4 aliphatic carbocycles. The first-order chi connectivity index (χ1) is 42.0. The molecule has 21 heteroatoms. The first-order valence-corrected chi connectivity index (χ1v) is 30.6. The summed E-state index contributed by atoms with van der Waals surface area (Å²) < 4.78 is 16.7. The molecule has 8 aliphatic rings. The molecule has 2 saturated heterocycles. The van der Waals surface area contributed by atoms with Crippen molar-refractivity contribution in [1.82, 2.24) is 20.4 Å². The van der Waals surface area contributed by atoms with Gasteiger partial charge in [0.15, 0.2) is 17.0 Å². The van der Waals surface area contributed by atoms with E-state index < -0.39 is 87.6 Å². The number of Topliss-reactive ketones (excluding diaryl/α,β-unsaturated/α-hetero) is 1. The minimum atomic E-state index is -1.48. The van der Waals surface area contributed by atoms with Gasteiger partial charge in [0.25, 0.3) is 0 Å². The molecule has 4 aromatic rings. The van der Waals surface area contributed by atoms with Crippen molar-refractivity contribution in [3.05, 3.63) is 155 Å². The number of nitrogens with zero attached hydrogens (tertiary/aromatic N) is 4. The van der Waals surface area contributed by atoms with Gasteiger partial charge >= 0.3 is 24.1 Å². The molecule has 4 aliphatic heterocycles. The van der Waals surface area contributed by atoms with Crippen molar-refractivity contribution >= 4 is 76.3 Å². The number of aliphatic carboxylic acids is 1. The van der Waals surface area contributed by atoms with Crippen molar-refractivity contribution in [3.8, 4) is 11.1 Å². The summed E-state index contributed by atoms with van der Waals surface area (Å²) in [6.45, 7) is 13.2. The number of allylic oxidation sites excluding steroid dienone is 1. The highest BCUT2D eigenvalue weighted by Gasteiger charge is 2.64. The second-order valence-electron chi connectivity index (χ2n) is 25.7. The fourth-order valence-electron chi connectivity index (χ4n) is 13.8. The van der Waals surface area contributed by atoms with Gasteiger partial charge < -0.3 is 44.5 Å². The topological polar surface area (TPSA) is 241 Å². The van der Waals surface area contributed by atoms with Crippen LogP contribution in [0.15, 0.2) is 133 Å². The van der Waals surface area contributed by atoms with Crippen LogP contribution in [-0.4, -0.2) is 136 Å². The number of hydrogen-bond acceptors (Lipinski definition) is 14. The third kappa shape index (κ3) is 12.0. The summed E-state index contributed by atoms with van der Waals surface area (Å²) in [5.74, 6) is -3.67. The lowest BCUT2D eigenvalue weighted by atomic mass is 9.85. The van der Waals surface area contributed by atoms with Crippen molar-refractivity contribution in [1.29, 1.82) is 0 Å². The SMILES string of the molecule is C=C[C@@H]1C[C@]1(CC(=O)[C@@H]1C[C@]2(CC(c3cccc(Cl)c3)=NO2)CN1C(=O)OCC1c2ccccc2-c2ccccc21)C(=O)OC.C=C[C@@H]1C[C@]1(NC(=O)[C@@H]1C[C@]2(CC(c3cccc(Cl)c3)=NO2)CN1C(=O)[C@@H](NC(=O)OC1CCCC1)C(C)(C)C)C(=O)O. The van der Waals surface area contributed by atoms with Crippen LogP contribution in [0.5, 0.6) is 0 Å². The van der Waals surface area contributed by atoms with Gasteiger partial charge in [-0.15, -0.1) is 13.2 Å². The van der Waals surface area contributed by atoms with Crippen molar-refractivity contribution in [2.24, 2.45) is 33.0 Å². The molecule has 0 bridgehead atoms. The maximum Gasteiger partial charge on any atom is 0.410 e. The molecule has 0 unspecified atom stereocenters. The number of esters is 1. The summed E-state index contributed by atoms with van der Waals surface area (Å²) in [6.07, 6.45) is 6.86. The fraction of sp³-hybridized carbons (Fsp3) is 0.448. The highest BCUT2D eigenvalue weighted by molar-refractivity contribution is 6.31. The van der Waals surface area contributed by atoms with E-state index in [-0.39, 0.29) is 69.1 Å². The van der Waals surface area contributed by atoms with E-state index in [4.69, 9.17) is 47.1 Å². The number of oxime groups is 2. The molecule has 5 fully saturated rings. The van der Waals surface area contributed by atoms with Crippen LogP contribution < -0.4 is 10.6 Å². The molecule has 2 spiro atoms. The molecule has 3 N–H and O–H groups in total. The summed E-state index contributed by atoms with van der Waals surface area (Å²) in [7, 11) is 1.32. The number of ketones is 1. The number of alkyl carbamates (subject to hydrolysis) is 1. The average Bonchev–Trinajstić information content (AvgIpc) is 1.64. The van der Waals surface area contributed by atoms with Gasteiger partial charge in [0.05, 0.1) is 43.1 Å². The summed E-state index contributed by atoms with van der Waals surface area (Å²) in [5, 5.41) is 25.1. The van der Waals surface area contributed by atoms with Crippen LogP contribution in [-0.2, 0) is 47.9 Å². The summed E-state index contributed by atoms with van der Waals surface area (Å²) in [5.41, 5.74) is 2.22. The van der Waals surface area contributed by atoms with Crippen LogP contribution in [0.2, 0.25) is 10.0 Å². The van der Waals surface area contributed by atoms with Gasteiger partial charge in [-0.05, 0) is 96.4 Å². The molecule has 19 nitrogen and oxygen atoms in total. The predicted molar refractivity (Wildman–Crippen MR) is 327 cm³/mol. The quantitative estimate of drug-likeness (QED) is 0.0538. The van der Waals surface area contributed by atoms with Crippen molar-refractivity contribution in [2.75, 3.05) is 26.8 Å². The Kier molecular flexibility index (Phi) is 16.9. The van der Waals surface area contributed by atoms with Crippen molar-refractivity contribution < 1.29 is 62.6 Å². The number of halogens is 2. The fourth-order valence-corrected chi connectivity index (χ4v) is 14.2. The monoisotopic (exact) mass is 1240 g/mol. The van der Waals surface area contributed by atoms with E-state index in [1.165, 1.54) is 23.0 Å². The van der Waals surface area contributed by atoms with Gasteiger partial charge in [-0.25, -0.2) is 14.4 Å². The number of rotatable bonds is 16. The highest BCUT2D eigenvalue weighted by atomic mass is 35.5. The second-order valence-corrected chi connectivity index (χ2v) is 26.6. The smallest absolute Gasteiger partial charge is 0.410 e. The number of carbonyl (C=O) groups is 7. The van der Waals surface area contributed by atoms with E-state index in [1.54, 1.807) is 30.3 Å². The summed E-state index contributed by atoms with van der Waals surface area (Å²) >= 11 is 12.4. The van der Waals surface area contributed by atoms with Gasteiger partial charge in [0.1, 0.15) is 30.3 Å². The maximum absolute atomic E-state index is 14.3. The molecule has 0 aromatic heterocycles. The number of carbonyl (C=O) groups excluding carboxylic acids is 6. The van der Waals surface area contributed by atoms with Crippen molar-refractivity contribution in [3.63, 3.8) is 0 Å². The number of ether oxygens (including phenoxy) is 3. The number of amides is 4. The molecule has 462 valence electrons. The normalized spacial score (nSPS) is 27.5. The maximum atomic E-state index is 14.3. The number of carboxylic acid groups (broad SMARTS) is 1. The Bertz CT molecular complexity index is 3520. The van der Waals surface area contributed by atoms with Crippen LogP contribution in [0, 0.1) is 22.7 Å². The minimum Gasteiger partial charge on any atom is -0.479 e. The lowest BCUT2D eigenvalue weighted by molar-refractivity contribution is -0.149. The largest absolute Gasteiger partial charge is 0.479 e. The summed E-state index contributed by atoms with van der Waals surface area (Å²) in [4.78, 5) is 109. The van der Waals surface area contributed by atoms with Crippen LogP contribution in [0.1, 0.15) is 120 Å². The number of nitrogens with one attached hydrogen (secondary N) is 2. The first kappa shape index (κ1) is 61.6. The van der Waals surface area contributed by atoms with Crippen LogP contribution >= 0.6 is 23.2 Å². The number of fused-ring (bicyclic) bond motifs is 3. The molecule has 4 amide bonds. The Hall–Kier alpha value is -8.03. The molecule has 4 heterocycles. The van der Waals surface area contributed by atoms with Gasteiger partial charge in [0, 0.05) is 65.1 Å². The number of benzene rings is 4. The molecule has 0 radical (unpaired) electrons. The minimum absolute atomic E-state index is 0.00831. The van der Waals surface area contributed by atoms with Crippen molar-refractivity contribution in [2.45, 2.75) is 138 Å². The predicted octanol–water partition coefficient (Wildman–Crippen LogP) is 10.6. The third-order valence-electron chi connectivity index (χ3n) is 18.8. The molecular weight excluding hydrogens is 1170 g/mol. The molecule has 9 atom stereocenters. The Labute approximate surface area is 520 Å².